The van der Waals surface area contributed by atoms with E-state index in [1.165, 1.54) is 11.3 Å². The van der Waals surface area contributed by atoms with Gasteiger partial charge in [-0.3, -0.25) is 9.78 Å². The van der Waals surface area contributed by atoms with E-state index in [-0.39, 0.29) is 5.91 Å². The van der Waals surface area contributed by atoms with Gasteiger partial charge in [-0.2, -0.15) is 26.3 Å². The Labute approximate surface area is 219 Å². The molecule has 1 saturated heterocycles. The molecule has 2 aromatic rings. The number of rotatable bonds is 3. The molecule has 3 N–H and O–H groups in total. The molecule has 0 atom stereocenters. The molecule has 2 aliphatic heterocycles. The minimum absolute atomic E-state index is 0.182. The Balaban J connectivity index is 0.000000317. The predicted octanol–water partition coefficient (Wildman–Crippen LogP) is 3.70. The number of hydrogen-bond donors (Lipinski definition) is 3. The van der Waals surface area contributed by atoms with Gasteiger partial charge in [-0.1, -0.05) is 18.2 Å². The molecule has 1 amide bonds. The van der Waals surface area contributed by atoms with Gasteiger partial charge in [0.1, 0.15) is 0 Å². The summed E-state index contributed by atoms with van der Waals surface area (Å²) in [5.74, 6) is -4.78. The molecule has 3 heterocycles. The van der Waals surface area contributed by atoms with E-state index in [0.717, 1.165) is 44.7 Å². The number of carboxylic acids is 2. The van der Waals surface area contributed by atoms with Crippen LogP contribution in [0.5, 0.6) is 0 Å². The van der Waals surface area contributed by atoms with E-state index in [0.29, 0.717) is 12.5 Å². The van der Waals surface area contributed by atoms with Gasteiger partial charge in [0.05, 0.1) is 6.54 Å². The lowest BCUT2D eigenvalue weighted by Crippen LogP contribution is -2.42. The van der Waals surface area contributed by atoms with Gasteiger partial charge in [-0.25, -0.2) is 9.59 Å². The maximum absolute atomic E-state index is 12.6. The summed E-state index contributed by atoms with van der Waals surface area (Å²) in [5, 5.41) is 17.5. The smallest absolute Gasteiger partial charge is 0.475 e. The van der Waals surface area contributed by atoms with Gasteiger partial charge in [-0.15, -0.1) is 0 Å². The van der Waals surface area contributed by atoms with E-state index >= 15 is 0 Å². The number of carboxylic acid groups (broad SMARTS) is 2. The lowest BCUT2D eigenvalue weighted by molar-refractivity contribution is -0.193. The zero-order chi connectivity index (χ0) is 29.2. The Bertz CT molecular complexity index is 1080. The summed E-state index contributed by atoms with van der Waals surface area (Å²) >= 11 is 0. The lowest BCUT2D eigenvalue weighted by atomic mass is 9.95. The van der Waals surface area contributed by atoms with Crippen LogP contribution in [-0.4, -0.2) is 71.6 Å². The molecule has 1 fully saturated rings. The van der Waals surface area contributed by atoms with Crippen LogP contribution in [-0.2, 0) is 20.9 Å². The number of benzene rings is 1. The number of hydrogen-bond acceptors (Lipinski definition) is 6. The van der Waals surface area contributed by atoms with Crippen LogP contribution in [0, 0.1) is 5.92 Å². The first kappa shape index (κ1) is 31.3. The minimum atomic E-state index is -5.08. The van der Waals surface area contributed by atoms with E-state index in [1.54, 1.807) is 0 Å². The van der Waals surface area contributed by atoms with Crippen molar-refractivity contribution in [3.63, 3.8) is 0 Å². The zero-order valence-corrected chi connectivity index (χ0v) is 20.4. The average molecular weight is 564 g/mol. The molecule has 0 spiro atoms. The topological polar surface area (TPSA) is 123 Å². The van der Waals surface area contributed by atoms with E-state index in [9.17, 15) is 31.1 Å². The minimum Gasteiger partial charge on any atom is -0.475 e. The molecular formula is C24H26F6N4O5. The van der Waals surface area contributed by atoms with Gasteiger partial charge in [0, 0.05) is 49.9 Å². The summed E-state index contributed by atoms with van der Waals surface area (Å²) in [4.78, 5) is 38.9. The first-order valence-corrected chi connectivity index (χ1v) is 11.5. The molecule has 9 nitrogen and oxygen atoms in total. The third kappa shape index (κ3) is 10.1. The Hall–Kier alpha value is -3.88. The molecule has 0 unspecified atom stereocenters. The largest absolute Gasteiger partial charge is 0.490 e. The molecule has 0 aliphatic carbocycles. The van der Waals surface area contributed by atoms with Crippen LogP contribution in [0.25, 0.3) is 0 Å². The molecule has 0 bridgehead atoms. The molecular weight excluding hydrogens is 538 g/mol. The van der Waals surface area contributed by atoms with Crippen molar-refractivity contribution in [1.82, 2.24) is 10.3 Å². The first-order chi connectivity index (χ1) is 18.2. The second kappa shape index (κ2) is 13.8. The van der Waals surface area contributed by atoms with Crippen molar-refractivity contribution in [2.75, 3.05) is 36.0 Å². The number of para-hydroxylation sites is 1. The molecule has 15 heteroatoms. The van der Waals surface area contributed by atoms with E-state index in [4.69, 9.17) is 19.8 Å². The van der Waals surface area contributed by atoms with Crippen LogP contribution in [0.2, 0.25) is 0 Å². The van der Waals surface area contributed by atoms with Crippen LogP contribution < -0.4 is 15.1 Å². The number of nitrogens with zero attached hydrogens (tertiary/aromatic N) is 3. The maximum atomic E-state index is 12.6. The highest BCUT2D eigenvalue weighted by atomic mass is 19.4. The molecule has 1 aromatic carbocycles. The average Bonchev–Trinajstić information content (AvgIpc) is 3.03. The van der Waals surface area contributed by atoms with Crippen molar-refractivity contribution < 1.29 is 50.9 Å². The number of pyridine rings is 1. The van der Waals surface area contributed by atoms with Gasteiger partial charge in [0.2, 0.25) is 5.91 Å². The van der Waals surface area contributed by atoms with Crippen molar-refractivity contribution in [3.8, 4) is 0 Å². The number of alkyl halides is 6. The van der Waals surface area contributed by atoms with Gasteiger partial charge in [0.15, 0.2) is 0 Å². The third-order valence-corrected chi connectivity index (χ3v) is 5.74. The number of aromatic nitrogens is 1. The van der Waals surface area contributed by atoms with Crippen LogP contribution in [0.1, 0.15) is 18.4 Å². The summed E-state index contributed by atoms with van der Waals surface area (Å²) < 4.78 is 63.5. The SMILES string of the molecule is O=C(O)C(F)(F)F.O=C(O)C(F)(F)F.O=C1CNCc2ccccc2N1CC1CCN(c2ccncc2)CC1. The molecule has 0 saturated carbocycles. The standard InChI is InChI=1S/C20H24N4O.2C2HF3O2/c25-20-14-22-13-17-3-1-2-4-19(17)24(20)15-16-7-11-23(12-8-16)18-5-9-21-10-6-18;2*3-2(4,5)1(6)7/h1-6,9-10,16,22H,7-8,11-15H2;2*(H,6,7). The van der Waals surface area contributed by atoms with Crippen LogP contribution in [0.4, 0.5) is 37.7 Å². The number of nitrogens with one attached hydrogen (secondary N) is 1. The summed E-state index contributed by atoms with van der Waals surface area (Å²) in [6.07, 6.45) is -4.24. The number of halogens is 6. The highest BCUT2D eigenvalue weighted by Crippen LogP contribution is 2.28. The van der Waals surface area contributed by atoms with Gasteiger partial charge < -0.3 is 25.3 Å². The normalized spacial score (nSPS) is 16.1. The van der Waals surface area contributed by atoms with Gasteiger partial charge in [0.25, 0.3) is 0 Å². The lowest BCUT2D eigenvalue weighted by Gasteiger charge is -2.36. The van der Waals surface area contributed by atoms with Crippen molar-refractivity contribution in [1.29, 1.82) is 0 Å². The number of anilines is 2. The molecule has 1 aromatic heterocycles. The molecule has 4 rings (SSSR count). The number of amides is 1. The Kier molecular flexibility index (Phi) is 11.1. The second-order valence-corrected chi connectivity index (χ2v) is 8.48. The number of piperidine rings is 1. The Morgan fingerprint density at radius 1 is 0.897 bits per heavy atom. The van der Waals surface area contributed by atoms with Crippen LogP contribution in [0.3, 0.4) is 0 Å². The second-order valence-electron chi connectivity index (χ2n) is 8.48. The zero-order valence-electron chi connectivity index (χ0n) is 20.4. The summed E-state index contributed by atoms with van der Waals surface area (Å²) in [6.45, 7) is 4.08. The van der Waals surface area contributed by atoms with Crippen LogP contribution in [0.15, 0.2) is 48.8 Å². The molecule has 214 valence electrons. The molecule has 39 heavy (non-hydrogen) atoms. The number of fused-ring (bicyclic) bond motifs is 1. The number of carbonyl (C=O) groups excluding carboxylic acids is 1. The number of aliphatic carboxylic acids is 2. The van der Waals surface area contributed by atoms with E-state index in [1.807, 2.05) is 29.4 Å². The van der Waals surface area contributed by atoms with Crippen molar-refractivity contribution in [2.45, 2.75) is 31.7 Å². The van der Waals surface area contributed by atoms with E-state index in [2.05, 4.69) is 39.5 Å². The fourth-order valence-electron chi connectivity index (χ4n) is 3.84. The fraction of sp³-hybridized carbons (Fsp3) is 0.417. The van der Waals surface area contributed by atoms with Crippen molar-refractivity contribution in [3.05, 3.63) is 54.4 Å². The monoisotopic (exact) mass is 564 g/mol. The van der Waals surface area contributed by atoms with Crippen molar-refractivity contribution in [2.24, 2.45) is 5.92 Å². The van der Waals surface area contributed by atoms with E-state index < -0.39 is 24.3 Å². The number of carbonyl (C=O) groups is 3. The maximum Gasteiger partial charge on any atom is 0.490 e. The molecule has 0 radical (unpaired) electrons. The Morgan fingerprint density at radius 2 is 1.41 bits per heavy atom. The fourth-order valence-corrected chi connectivity index (χ4v) is 3.84. The molecule has 2 aliphatic rings. The highest BCUT2D eigenvalue weighted by molar-refractivity contribution is 5.96. The van der Waals surface area contributed by atoms with Crippen molar-refractivity contribution >= 4 is 29.2 Å². The summed E-state index contributed by atoms with van der Waals surface area (Å²) in [7, 11) is 0. The summed E-state index contributed by atoms with van der Waals surface area (Å²) in [6, 6.07) is 12.4. The summed E-state index contributed by atoms with van der Waals surface area (Å²) in [5.41, 5.74) is 3.53. The highest BCUT2D eigenvalue weighted by Gasteiger charge is 2.39. The first-order valence-electron chi connectivity index (χ1n) is 11.5. The van der Waals surface area contributed by atoms with Gasteiger partial charge >= 0.3 is 24.3 Å². The van der Waals surface area contributed by atoms with Crippen LogP contribution >= 0.6 is 0 Å². The predicted molar refractivity (Wildman–Crippen MR) is 127 cm³/mol. The Morgan fingerprint density at radius 3 is 1.92 bits per heavy atom. The quantitative estimate of drug-likeness (QED) is 0.483. The third-order valence-electron chi connectivity index (χ3n) is 5.74. The van der Waals surface area contributed by atoms with Gasteiger partial charge in [-0.05, 0) is 42.5 Å².